The molecule has 0 unspecified atom stereocenters. The number of likely N-dealkylation sites (tertiary alicyclic amines) is 1. The molecular weight excluding hydrogens is 515 g/mol. The number of hydrogen-bond donors (Lipinski definition) is 2. The summed E-state index contributed by atoms with van der Waals surface area (Å²) in [4.78, 5) is 45.9. The van der Waals surface area contributed by atoms with Gasteiger partial charge in [0, 0.05) is 50.7 Å². The molecule has 1 aliphatic heterocycles. The first-order valence-electron chi connectivity index (χ1n) is 12.0. The Hall–Kier alpha value is -1.85. The van der Waals surface area contributed by atoms with Gasteiger partial charge in [-0.1, -0.05) is 0 Å². The van der Waals surface area contributed by atoms with Crippen molar-refractivity contribution in [2.75, 3.05) is 38.5 Å². The molecule has 0 aromatic heterocycles. The first-order chi connectivity index (χ1) is 16.7. The van der Waals surface area contributed by atoms with Gasteiger partial charge in [0.2, 0.25) is 18.4 Å². The van der Waals surface area contributed by atoms with Crippen molar-refractivity contribution < 1.29 is 28.8 Å². The van der Waals surface area contributed by atoms with E-state index in [2.05, 4.69) is 10.6 Å². The van der Waals surface area contributed by atoms with Crippen LogP contribution in [0, 0.1) is 16.0 Å². The number of rotatable bonds is 12. The number of nitrogens with one attached hydrogen (secondary N) is 2. The molecule has 1 aliphatic rings. The second-order valence-corrected chi connectivity index (χ2v) is 10.5. The highest BCUT2D eigenvalue weighted by atomic mass is 35.5. The molecule has 11 nitrogen and oxygen atoms in total. The van der Waals surface area contributed by atoms with Crippen molar-refractivity contribution in [1.29, 1.82) is 0 Å². The van der Waals surface area contributed by atoms with Gasteiger partial charge in [0.1, 0.15) is 11.6 Å². The maximum Gasteiger partial charge on any atom is 0.410 e. The number of amides is 3. The van der Waals surface area contributed by atoms with Crippen LogP contribution in [0.3, 0.4) is 0 Å². The van der Waals surface area contributed by atoms with Gasteiger partial charge in [-0.05, 0) is 52.4 Å². The fraction of sp³-hybridized carbons (Fsp3) is 0.870. The Bertz CT molecular complexity index is 690. The summed E-state index contributed by atoms with van der Waals surface area (Å²) in [5.41, 5.74) is -0.505. The molecule has 0 aromatic carbocycles. The van der Waals surface area contributed by atoms with E-state index in [1.54, 1.807) is 4.90 Å². The van der Waals surface area contributed by atoms with Crippen molar-refractivity contribution in [3.05, 3.63) is 10.1 Å². The van der Waals surface area contributed by atoms with Crippen molar-refractivity contribution in [3.63, 3.8) is 0 Å². The first kappa shape index (κ1) is 34.1. The number of carbonyl (C=O) groups excluding carboxylic acids is 3. The van der Waals surface area contributed by atoms with E-state index in [9.17, 15) is 24.5 Å². The monoisotopic (exact) mass is 556 g/mol. The normalized spacial score (nSPS) is 18.9. The number of alkyl halides is 2. The predicted molar refractivity (Wildman–Crippen MR) is 139 cm³/mol. The van der Waals surface area contributed by atoms with Crippen LogP contribution in [0.1, 0.15) is 60.3 Å². The van der Waals surface area contributed by atoms with Crippen LogP contribution in [0.25, 0.3) is 0 Å². The van der Waals surface area contributed by atoms with Crippen LogP contribution in [-0.4, -0.2) is 90.0 Å². The van der Waals surface area contributed by atoms with E-state index in [4.69, 9.17) is 32.7 Å². The maximum absolute atomic E-state index is 12.1. The SMILES string of the molecule is CC(=O)N[C@@H]1CN(C(=O)OC(C)(C)C)C[C@@H]1CCCCl.CO[C@H](CCCCl)[C@@H](C[N+](=O)[O-])NC(C)=O. The Balaban J connectivity index is 0.000000700. The smallest absolute Gasteiger partial charge is 0.410 e. The highest BCUT2D eigenvalue weighted by molar-refractivity contribution is 6.18. The molecule has 1 heterocycles. The fourth-order valence-corrected chi connectivity index (χ4v) is 4.15. The molecule has 0 bridgehead atoms. The molecule has 1 saturated heterocycles. The van der Waals surface area contributed by atoms with Gasteiger partial charge in [0.05, 0.1) is 12.1 Å². The molecule has 1 rings (SSSR count). The van der Waals surface area contributed by atoms with Crippen LogP contribution in [0.15, 0.2) is 0 Å². The van der Waals surface area contributed by atoms with Gasteiger partial charge in [0.25, 0.3) is 0 Å². The Labute approximate surface area is 224 Å². The second kappa shape index (κ2) is 17.6. The summed E-state index contributed by atoms with van der Waals surface area (Å²) >= 11 is 11.3. The number of nitrogens with zero attached hydrogens (tertiary/aromatic N) is 2. The summed E-state index contributed by atoms with van der Waals surface area (Å²) in [5.74, 6) is 0.919. The average molecular weight is 558 g/mol. The van der Waals surface area contributed by atoms with Crippen LogP contribution in [0.5, 0.6) is 0 Å². The van der Waals surface area contributed by atoms with Gasteiger partial charge in [-0.2, -0.15) is 0 Å². The van der Waals surface area contributed by atoms with Crippen molar-refractivity contribution in [1.82, 2.24) is 15.5 Å². The Morgan fingerprint density at radius 1 is 1.11 bits per heavy atom. The molecule has 4 atom stereocenters. The van der Waals surface area contributed by atoms with E-state index in [-0.39, 0.29) is 42.5 Å². The van der Waals surface area contributed by atoms with Crippen LogP contribution < -0.4 is 10.6 Å². The van der Waals surface area contributed by atoms with E-state index in [0.29, 0.717) is 37.7 Å². The van der Waals surface area contributed by atoms with E-state index < -0.39 is 16.6 Å². The quantitative estimate of drug-likeness (QED) is 0.213. The molecule has 2 N–H and O–H groups in total. The molecule has 0 spiro atoms. The Morgan fingerprint density at radius 3 is 2.17 bits per heavy atom. The van der Waals surface area contributed by atoms with Crippen LogP contribution in [0.2, 0.25) is 0 Å². The molecule has 0 aliphatic carbocycles. The topological polar surface area (TPSA) is 140 Å². The zero-order valence-corrected chi connectivity index (χ0v) is 23.7. The summed E-state index contributed by atoms with van der Waals surface area (Å²) in [6.45, 7) is 9.11. The summed E-state index contributed by atoms with van der Waals surface area (Å²) in [5, 5.41) is 15.9. The lowest BCUT2D eigenvalue weighted by Gasteiger charge is -2.24. The molecule has 0 radical (unpaired) electrons. The molecule has 0 aromatic rings. The van der Waals surface area contributed by atoms with Gasteiger partial charge in [-0.25, -0.2) is 4.79 Å². The third kappa shape index (κ3) is 15.3. The van der Waals surface area contributed by atoms with Gasteiger partial charge < -0.3 is 25.0 Å². The van der Waals surface area contributed by atoms with E-state index >= 15 is 0 Å². The lowest BCUT2D eigenvalue weighted by Crippen LogP contribution is -2.47. The number of halogens is 2. The highest BCUT2D eigenvalue weighted by Crippen LogP contribution is 2.24. The van der Waals surface area contributed by atoms with Crippen LogP contribution in [-0.2, 0) is 19.1 Å². The number of carbonyl (C=O) groups is 3. The molecule has 210 valence electrons. The maximum atomic E-state index is 12.1. The number of ether oxygens (including phenoxy) is 2. The summed E-state index contributed by atoms with van der Waals surface area (Å²) < 4.78 is 10.5. The fourth-order valence-electron chi connectivity index (χ4n) is 3.84. The second-order valence-electron chi connectivity index (χ2n) is 9.71. The number of hydrogen-bond acceptors (Lipinski definition) is 7. The molecular formula is C23H42Cl2N4O7. The number of nitro groups is 1. The van der Waals surface area contributed by atoms with Gasteiger partial charge in [-0.15, -0.1) is 23.2 Å². The van der Waals surface area contributed by atoms with Gasteiger partial charge in [0.15, 0.2) is 0 Å². The van der Waals surface area contributed by atoms with Crippen LogP contribution in [0.4, 0.5) is 4.79 Å². The predicted octanol–water partition coefficient (Wildman–Crippen LogP) is 3.18. The zero-order chi connectivity index (χ0) is 27.9. The summed E-state index contributed by atoms with van der Waals surface area (Å²) in [7, 11) is 1.47. The average Bonchev–Trinajstić information content (AvgIpc) is 3.13. The minimum atomic E-state index is -0.610. The van der Waals surface area contributed by atoms with E-state index in [0.717, 1.165) is 12.8 Å². The third-order valence-electron chi connectivity index (χ3n) is 5.30. The highest BCUT2D eigenvalue weighted by Gasteiger charge is 2.37. The Morgan fingerprint density at radius 2 is 1.72 bits per heavy atom. The standard InChI is InChI=1S/C14H25ClN2O3.C9H17ClN2O4/c1-10(18)16-12-9-17(8-11(12)6-5-7-15)13(19)20-14(2,3)4;1-7(13)11-8(6-12(14)15)9(16-2)4-3-5-10/h11-12H,5-9H2,1-4H3,(H,16,18);8-9H,3-6H2,1-2H3,(H,11,13)/t11-,12+;8-,9-/m01/s1. The van der Waals surface area contributed by atoms with Crippen molar-refractivity contribution in [2.24, 2.45) is 5.92 Å². The van der Waals surface area contributed by atoms with Crippen molar-refractivity contribution in [3.8, 4) is 0 Å². The lowest BCUT2D eigenvalue weighted by molar-refractivity contribution is -0.485. The minimum Gasteiger partial charge on any atom is -0.444 e. The molecule has 36 heavy (non-hydrogen) atoms. The van der Waals surface area contributed by atoms with Crippen molar-refractivity contribution in [2.45, 2.75) is 84.1 Å². The van der Waals surface area contributed by atoms with Crippen LogP contribution >= 0.6 is 23.2 Å². The van der Waals surface area contributed by atoms with E-state index in [1.165, 1.54) is 21.0 Å². The Kier molecular flexibility index (Phi) is 16.7. The lowest BCUT2D eigenvalue weighted by atomic mass is 9.98. The number of methoxy groups -OCH3 is 1. The largest absolute Gasteiger partial charge is 0.444 e. The molecule has 0 saturated carbocycles. The third-order valence-corrected chi connectivity index (χ3v) is 5.83. The molecule has 3 amide bonds. The van der Waals surface area contributed by atoms with Gasteiger partial charge in [-0.3, -0.25) is 19.7 Å². The first-order valence-corrected chi connectivity index (χ1v) is 13.1. The summed E-state index contributed by atoms with van der Waals surface area (Å²) in [6, 6.07) is -0.621. The molecule has 13 heteroatoms. The van der Waals surface area contributed by atoms with E-state index in [1.807, 2.05) is 20.8 Å². The summed E-state index contributed by atoms with van der Waals surface area (Å²) in [6.07, 6.45) is 2.35. The van der Waals surface area contributed by atoms with Crippen molar-refractivity contribution >= 4 is 41.1 Å². The zero-order valence-electron chi connectivity index (χ0n) is 22.2. The minimum absolute atomic E-state index is 0.0109. The molecule has 1 fully saturated rings. The van der Waals surface area contributed by atoms with Gasteiger partial charge >= 0.3 is 6.09 Å².